The number of ether oxygens (including phenoxy) is 1. The van der Waals surface area contributed by atoms with E-state index in [9.17, 15) is 14.7 Å². The smallest absolute Gasteiger partial charge is 0.339 e. The zero-order valence-electron chi connectivity index (χ0n) is 12.1. The van der Waals surface area contributed by atoms with Crippen LogP contribution in [0.3, 0.4) is 0 Å². The van der Waals surface area contributed by atoms with Gasteiger partial charge in [0, 0.05) is 5.02 Å². The highest BCUT2D eigenvalue weighted by Crippen LogP contribution is 2.30. The second kappa shape index (κ2) is 6.75. The number of aromatic carboxylic acids is 1. The molecule has 0 atom stereocenters. The van der Waals surface area contributed by atoms with Gasteiger partial charge in [-0.2, -0.15) is 0 Å². The summed E-state index contributed by atoms with van der Waals surface area (Å²) in [6.45, 7) is 7.55. The van der Waals surface area contributed by atoms with Crippen LogP contribution in [0.4, 0.5) is 0 Å². The van der Waals surface area contributed by atoms with Gasteiger partial charge in [0.05, 0.1) is 17.7 Å². The molecule has 4 nitrogen and oxygen atoms in total. The molecule has 0 aliphatic carbocycles. The summed E-state index contributed by atoms with van der Waals surface area (Å²) in [6, 6.07) is 1.48. The van der Waals surface area contributed by atoms with Crippen LogP contribution in [0.1, 0.15) is 52.6 Å². The summed E-state index contributed by atoms with van der Waals surface area (Å²) in [6.07, 6.45) is 0.495. The number of rotatable bonds is 5. The number of esters is 1. The second-order valence-electron chi connectivity index (χ2n) is 5.03. The fourth-order valence-electron chi connectivity index (χ4n) is 2.08. The van der Waals surface area contributed by atoms with Crippen molar-refractivity contribution in [3.8, 4) is 0 Å². The molecule has 0 amide bonds. The number of halogens is 1. The molecule has 0 aliphatic rings. The van der Waals surface area contributed by atoms with Crippen molar-refractivity contribution in [3.05, 3.63) is 33.3 Å². The maximum absolute atomic E-state index is 11.9. The number of benzene rings is 1. The van der Waals surface area contributed by atoms with E-state index >= 15 is 0 Å². The lowest BCUT2D eigenvalue weighted by molar-refractivity contribution is 0.0514. The minimum atomic E-state index is -1.16. The summed E-state index contributed by atoms with van der Waals surface area (Å²) in [7, 11) is 0. The van der Waals surface area contributed by atoms with Crippen LogP contribution in [0.2, 0.25) is 5.02 Å². The molecule has 0 unspecified atom stereocenters. The van der Waals surface area contributed by atoms with Gasteiger partial charge >= 0.3 is 11.9 Å². The Labute approximate surface area is 123 Å². The predicted molar refractivity (Wildman–Crippen MR) is 77.6 cm³/mol. The third-order valence-corrected chi connectivity index (χ3v) is 3.39. The first kappa shape index (κ1) is 16.5. The molecule has 1 aromatic rings. The highest BCUT2D eigenvalue weighted by Gasteiger charge is 2.25. The summed E-state index contributed by atoms with van der Waals surface area (Å²) in [5.41, 5.74) is 1.19. The van der Waals surface area contributed by atoms with Crippen LogP contribution in [0.5, 0.6) is 0 Å². The first-order chi connectivity index (χ1) is 9.29. The van der Waals surface area contributed by atoms with E-state index in [2.05, 4.69) is 0 Å². The van der Waals surface area contributed by atoms with Crippen molar-refractivity contribution >= 4 is 23.5 Å². The fraction of sp³-hybridized carbons (Fsp3) is 0.467. The highest BCUT2D eigenvalue weighted by molar-refractivity contribution is 6.33. The minimum Gasteiger partial charge on any atom is -0.478 e. The molecule has 0 saturated heterocycles. The molecular weight excluding hydrogens is 280 g/mol. The normalized spacial score (nSPS) is 10.7. The molecule has 0 radical (unpaired) electrons. The van der Waals surface area contributed by atoms with Gasteiger partial charge in [-0.05, 0) is 43.4 Å². The first-order valence-electron chi connectivity index (χ1n) is 6.51. The SMILES string of the molecule is CCOC(=O)c1cc(C)c(Cl)c(CC(C)C)c1C(=O)O. The summed E-state index contributed by atoms with van der Waals surface area (Å²) < 4.78 is 4.93. The van der Waals surface area contributed by atoms with Crippen molar-refractivity contribution in [1.82, 2.24) is 0 Å². The Balaban J connectivity index is 3.55. The van der Waals surface area contributed by atoms with Crippen molar-refractivity contribution in [2.75, 3.05) is 6.61 Å². The zero-order valence-corrected chi connectivity index (χ0v) is 12.9. The number of carbonyl (C=O) groups is 2. The molecule has 5 heteroatoms. The lowest BCUT2D eigenvalue weighted by Crippen LogP contribution is -2.16. The van der Waals surface area contributed by atoms with E-state index in [1.54, 1.807) is 13.8 Å². The van der Waals surface area contributed by atoms with Crippen LogP contribution >= 0.6 is 11.6 Å². The van der Waals surface area contributed by atoms with Gasteiger partial charge < -0.3 is 9.84 Å². The van der Waals surface area contributed by atoms with Crippen molar-refractivity contribution in [2.24, 2.45) is 5.92 Å². The zero-order chi connectivity index (χ0) is 15.4. The Hall–Kier alpha value is -1.55. The Kier molecular flexibility index (Phi) is 5.57. The third kappa shape index (κ3) is 3.51. The quantitative estimate of drug-likeness (QED) is 0.841. The lowest BCUT2D eigenvalue weighted by Gasteiger charge is -2.16. The van der Waals surface area contributed by atoms with Crippen LogP contribution in [-0.4, -0.2) is 23.7 Å². The Morgan fingerprint density at radius 2 is 2.00 bits per heavy atom. The lowest BCUT2D eigenvalue weighted by atomic mass is 9.92. The van der Waals surface area contributed by atoms with Gasteiger partial charge in [-0.3, -0.25) is 0 Å². The number of hydrogen-bond acceptors (Lipinski definition) is 3. The molecule has 1 aromatic carbocycles. The van der Waals surface area contributed by atoms with Gasteiger partial charge in [0.2, 0.25) is 0 Å². The number of aryl methyl sites for hydroxylation is 1. The van der Waals surface area contributed by atoms with E-state index in [4.69, 9.17) is 16.3 Å². The Morgan fingerprint density at radius 3 is 2.45 bits per heavy atom. The third-order valence-electron chi connectivity index (χ3n) is 2.86. The van der Waals surface area contributed by atoms with Crippen LogP contribution in [0.15, 0.2) is 6.07 Å². The van der Waals surface area contributed by atoms with Crippen LogP contribution in [-0.2, 0) is 11.2 Å². The predicted octanol–water partition coefficient (Wildman–Crippen LogP) is 3.72. The Morgan fingerprint density at radius 1 is 1.40 bits per heavy atom. The van der Waals surface area contributed by atoms with E-state index in [-0.39, 0.29) is 23.7 Å². The van der Waals surface area contributed by atoms with Crippen LogP contribution < -0.4 is 0 Å². The average Bonchev–Trinajstić information content (AvgIpc) is 2.33. The van der Waals surface area contributed by atoms with E-state index in [0.29, 0.717) is 22.6 Å². The van der Waals surface area contributed by atoms with Gasteiger partial charge in [-0.1, -0.05) is 25.4 Å². The number of carboxylic acids is 1. The fourth-order valence-corrected chi connectivity index (χ4v) is 2.30. The molecule has 20 heavy (non-hydrogen) atoms. The minimum absolute atomic E-state index is 0.0484. The van der Waals surface area contributed by atoms with Crippen molar-refractivity contribution in [2.45, 2.75) is 34.1 Å². The second-order valence-corrected chi connectivity index (χ2v) is 5.41. The molecule has 1 rings (SSSR count). The van der Waals surface area contributed by atoms with Gasteiger partial charge in [-0.25, -0.2) is 9.59 Å². The topological polar surface area (TPSA) is 63.6 Å². The molecule has 0 fully saturated rings. The van der Waals surface area contributed by atoms with Gasteiger partial charge in [0.1, 0.15) is 0 Å². The molecule has 0 spiro atoms. The van der Waals surface area contributed by atoms with Crippen LogP contribution in [0.25, 0.3) is 0 Å². The van der Waals surface area contributed by atoms with Gasteiger partial charge in [0.15, 0.2) is 0 Å². The maximum atomic E-state index is 11.9. The summed E-state index contributed by atoms with van der Waals surface area (Å²) in [5.74, 6) is -1.57. The largest absolute Gasteiger partial charge is 0.478 e. The molecule has 0 aliphatic heterocycles. The van der Waals surface area contributed by atoms with Crippen molar-refractivity contribution in [3.63, 3.8) is 0 Å². The molecule has 0 bridgehead atoms. The van der Waals surface area contributed by atoms with E-state index in [0.717, 1.165) is 0 Å². The molecule has 0 saturated carbocycles. The highest BCUT2D eigenvalue weighted by atomic mass is 35.5. The van der Waals surface area contributed by atoms with Gasteiger partial charge in [0.25, 0.3) is 0 Å². The monoisotopic (exact) mass is 298 g/mol. The average molecular weight is 299 g/mol. The van der Waals surface area contributed by atoms with E-state index < -0.39 is 11.9 Å². The first-order valence-corrected chi connectivity index (χ1v) is 6.89. The number of hydrogen-bond donors (Lipinski definition) is 1. The van der Waals surface area contributed by atoms with Crippen molar-refractivity contribution in [1.29, 1.82) is 0 Å². The maximum Gasteiger partial charge on any atom is 0.339 e. The van der Waals surface area contributed by atoms with E-state index in [1.807, 2.05) is 13.8 Å². The van der Waals surface area contributed by atoms with Crippen molar-refractivity contribution < 1.29 is 19.4 Å². The summed E-state index contributed by atoms with van der Waals surface area (Å²) in [4.78, 5) is 23.5. The van der Waals surface area contributed by atoms with Gasteiger partial charge in [-0.15, -0.1) is 0 Å². The number of carboxylic acid groups (broad SMARTS) is 1. The molecule has 0 heterocycles. The summed E-state index contributed by atoms with van der Waals surface area (Å²) in [5, 5.41) is 9.83. The number of carbonyl (C=O) groups excluding carboxylic acids is 1. The summed E-state index contributed by atoms with van der Waals surface area (Å²) >= 11 is 6.22. The molecule has 0 aromatic heterocycles. The van der Waals surface area contributed by atoms with E-state index in [1.165, 1.54) is 6.07 Å². The molecular formula is C15H19ClO4. The standard InChI is InChI=1S/C15H19ClO4/c1-5-20-15(19)11-7-9(4)13(16)10(6-8(2)3)12(11)14(17)18/h7-8H,5-6H2,1-4H3,(H,17,18). The molecule has 1 N–H and O–H groups in total. The van der Waals surface area contributed by atoms with Crippen LogP contribution in [0, 0.1) is 12.8 Å². The Bertz CT molecular complexity index is 535. The molecule has 110 valence electrons.